The minimum atomic E-state index is -0.469. The summed E-state index contributed by atoms with van der Waals surface area (Å²) >= 11 is 0. The van der Waals surface area contributed by atoms with Gasteiger partial charge in [0.1, 0.15) is 17.2 Å². The minimum absolute atomic E-state index is 0.0584. The number of rotatable bonds is 3. The summed E-state index contributed by atoms with van der Waals surface area (Å²) in [6.45, 7) is 2.74. The summed E-state index contributed by atoms with van der Waals surface area (Å²) in [7, 11) is 0. The van der Waals surface area contributed by atoms with Gasteiger partial charge in [0.15, 0.2) is 5.82 Å². The van der Waals surface area contributed by atoms with Crippen molar-refractivity contribution in [3.05, 3.63) is 48.0 Å². The molecule has 0 aliphatic rings. The van der Waals surface area contributed by atoms with Crippen LogP contribution in [0.25, 0.3) is 22.4 Å². The Morgan fingerprint density at radius 1 is 1.14 bits per heavy atom. The van der Waals surface area contributed by atoms with Crippen molar-refractivity contribution in [2.24, 2.45) is 0 Å². The summed E-state index contributed by atoms with van der Waals surface area (Å²) in [5.41, 5.74) is 7.41. The Labute approximate surface area is 121 Å². The van der Waals surface area contributed by atoms with Gasteiger partial charge in [-0.15, -0.1) is 0 Å². The number of aromatic nitrogens is 2. The Morgan fingerprint density at radius 2 is 1.95 bits per heavy atom. The number of benzene rings is 2. The molecule has 0 unspecified atom stereocenters. The molecule has 2 aromatic carbocycles. The van der Waals surface area contributed by atoms with Crippen molar-refractivity contribution in [3.8, 4) is 11.4 Å². The number of halogens is 2. The topological polar surface area (TPSA) is 43.8 Å². The predicted molar refractivity (Wildman–Crippen MR) is 79.8 cm³/mol. The molecule has 0 atom stereocenters. The van der Waals surface area contributed by atoms with Gasteiger partial charge in [0, 0.05) is 12.1 Å². The van der Waals surface area contributed by atoms with Crippen LogP contribution in [0.2, 0.25) is 0 Å². The molecular formula is C16H15F2N3. The maximum absolute atomic E-state index is 13.9. The van der Waals surface area contributed by atoms with Crippen molar-refractivity contribution in [1.82, 2.24) is 9.55 Å². The van der Waals surface area contributed by atoms with Crippen LogP contribution < -0.4 is 5.73 Å². The van der Waals surface area contributed by atoms with Crippen molar-refractivity contribution >= 4 is 16.7 Å². The first-order chi connectivity index (χ1) is 10.1. The van der Waals surface area contributed by atoms with Crippen molar-refractivity contribution in [2.75, 3.05) is 5.73 Å². The molecule has 0 spiro atoms. The first-order valence-electron chi connectivity index (χ1n) is 6.82. The van der Waals surface area contributed by atoms with Gasteiger partial charge in [0.05, 0.1) is 11.2 Å². The lowest BCUT2D eigenvalue weighted by atomic mass is 10.2. The van der Waals surface area contributed by atoms with E-state index in [1.807, 2.05) is 17.6 Å². The zero-order valence-corrected chi connectivity index (χ0v) is 11.6. The number of para-hydroxylation sites is 1. The second-order valence-electron chi connectivity index (χ2n) is 4.93. The van der Waals surface area contributed by atoms with Gasteiger partial charge in [-0.3, -0.25) is 0 Å². The van der Waals surface area contributed by atoms with E-state index >= 15 is 0 Å². The first-order valence-corrected chi connectivity index (χ1v) is 6.82. The molecule has 5 heteroatoms. The lowest BCUT2D eigenvalue weighted by molar-refractivity contribution is 0.632. The summed E-state index contributed by atoms with van der Waals surface area (Å²) in [4.78, 5) is 4.38. The van der Waals surface area contributed by atoms with E-state index in [0.717, 1.165) is 11.9 Å². The second-order valence-corrected chi connectivity index (χ2v) is 4.93. The molecule has 21 heavy (non-hydrogen) atoms. The molecule has 108 valence electrons. The largest absolute Gasteiger partial charge is 0.396 e. The fraction of sp³-hybridized carbons (Fsp3) is 0.188. The Bertz CT molecular complexity index is 809. The summed E-state index contributed by atoms with van der Waals surface area (Å²) in [6.07, 6.45) is 0.881. The highest BCUT2D eigenvalue weighted by atomic mass is 19.1. The van der Waals surface area contributed by atoms with Crippen LogP contribution in [-0.4, -0.2) is 9.55 Å². The molecular weight excluding hydrogens is 272 g/mol. The Hall–Kier alpha value is -2.43. The Kier molecular flexibility index (Phi) is 3.33. The van der Waals surface area contributed by atoms with Gasteiger partial charge >= 0.3 is 0 Å². The maximum atomic E-state index is 13.9. The van der Waals surface area contributed by atoms with Gasteiger partial charge in [-0.1, -0.05) is 13.0 Å². The predicted octanol–water partition coefficient (Wildman–Crippen LogP) is 3.97. The highest BCUT2D eigenvalue weighted by Crippen LogP contribution is 2.28. The molecule has 0 amide bonds. The van der Waals surface area contributed by atoms with E-state index in [-0.39, 0.29) is 11.5 Å². The van der Waals surface area contributed by atoms with Crippen LogP contribution in [0, 0.1) is 11.6 Å². The van der Waals surface area contributed by atoms with E-state index in [1.54, 1.807) is 12.1 Å². The zero-order chi connectivity index (χ0) is 15.0. The number of anilines is 1. The van der Waals surface area contributed by atoms with Crippen LogP contribution in [0.4, 0.5) is 14.5 Å². The standard InChI is InChI=1S/C16H15F2N3/c1-2-8-21-14-5-3-4-12(18)15(14)20-16(21)10-6-7-11(17)13(19)9-10/h3-7,9H,2,8,19H2,1H3. The smallest absolute Gasteiger partial charge is 0.151 e. The number of aryl methyl sites for hydroxylation is 1. The van der Waals surface area contributed by atoms with Gasteiger partial charge in [0.2, 0.25) is 0 Å². The van der Waals surface area contributed by atoms with Gasteiger partial charge in [-0.2, -0.15) is 0 Å². The number of nitrogens with two attached hydrogens (primary N) is 1. The van der Waals surface area contributed by atoms with Crippen molar-refractivity contribution in [2.45, 2.75) is 19.9 Å². The van der Waals surface area contributed by atoms with Crippen molar-refractivity contribution in [1.29, 1.82) is 0 Å². The molecule has 0 radical (unpaired) electrons. The third-order valence-electron chi connectivity index (χ3n) is 3.43. The van der Waals surface area contributed by atoms with E-state index in [0.29, 0.717) is 23.4 Å². The number of nitrogen functional groups attached to an aromatic ring is 1. The molecule has 0 fully saturated rings. The highest BCUT2D eigenvalue weighted by molar-refractivity contribution is 5.81. The molecule has 1 heterocycles. The van der Waals surface area contributed by atoms with E-state index in [9.17, 15) is 8.78 Å². The zero-order valence-electron chi connectivity index (χ0n) is 11.6. The van der Waals surface area contributed by atoms with Gasteiger partial charge in [-0.25, -0.2) is 13.8 Å². The molecule has 0 aliphatic heterocycles. The maximum Gasteiger partial charge on any atom is 0.151 e. The molecule has 0 aliphatic carbocycles. The monoisotopic (exact) mass is 287 g/mol. The SMILES string of the molecule is CCCn1c(-c2ccc(F)c(N)c2)nc2c(F)cccc21. The highest BCUT2D eigenvalue weighted by Gasteiger charge is 2.15. The lowest BCUT2D eigenvalue weighted by Crippen LogP contribution is -2.00. The van der Waals surface area contributed by atoms with Gasteiger partial charge < -0.3 is 10.3 Å². The van der Waals surface area contributed by atoms with E-state index in [2.05, 4.69) is 4.98 Å². The van der Waals surface area contributed by atoms with Crippen LogP contribution in [0.1, 0.15) is 13.3 Å². The van der Waals surface area contributed by atoms with E-state index < -0.39 is 5.82 Å². The normalized spacial score (nSPS) is 11.2. The van der Waals surface area contributed by atoms with Crippen LogP contribution in [0.15, 0.2) is 36.4 Å². The molecule has 3 nitrogen and oxygen atoms in total. The lowest BCUT2D eigenvalue weighted by Gasteiger charge is -2.08. The summed E-state index contributed by atoms with van der Waals surface area (Å²) in [6, 6.07) is 9.31. The minimum Gasteiger partial charge on any atom is -0.396 e. The summed E-state index contributed by atoms with van der Waals surface area (Å²) < 4.78 is 29.2. The molecule has 0 saturated heterocycles. The number of imidazole rings is 1. The van der Waals surface area contributed by atoms with E-state index in [1.165, 1.54) is 18.2 Å². The average Bonchev–Trinajstić information content (AvgIpc) is 2.83. The summed E-state index contributed by atoms with van der Waals surface area (Å²) in [5, 5.41) is 0. The quantitative estimate of drug-likeness (QED) is 0.741. The van der Waals surface area contributed by atoms with Gasteiger partial charge in [0.25, 0.3) is 0 Å². The number of fused-ring (bicyclic) bond motifs is 1. The summed E-state index contributed by atoms with van der Waals surface area (Å²) in [5.74, 6) is -0.231. The third kappa shape index (κ3) is 2.24. The Morgan fingerprint density at radius 3 is 2.67 bits per heavy atom. The van der Waals surface area contributed by atoms with Crippen molar-refractivity contribution < 1.29 is 8.78 Å². The van der Waals surface area contributed by atoms with Crippen LogP contribution in [-0.2, 0) is 6.54 Å². The van der Waals surface area contributed by atoms with E-state index in [4.69, 9.17) is 5.73 Å². The van der Waals surface area contributed by atoms with Crippen LogP contribution >= 0.6 is 0 Å². The molecule has 3 rings (SSSR count). The fourth-order valence-corrected chi connectivity index (χ4v) is 2.47. The molecule has 2 N–H and O–H groups in total. The third-order valence-corrected chi connectivity index (χ3v) is 3.43. The number of hydrogen-bond donors (Lipinski definition) is 1. The fourth-order valence-electron chi connectivity index (χ4n) is 2.47. The molecule has 0 bridgehead atoms. The molecule has 3 aromatic rings. The second kappa shape index (κ2) is 5.16. The van der Waals surface area contributed by atoms with Crippen LogP contribution in [0.5, 0.6) is 0 Å². The van der Waals surface area contributed by atoms with Crippen LogP contribution in [0.3, 0.4) is 0 Å². The van der Waals surface area contributed by atoms with Crippen molar-refractivity contribution in [3.63, 3.8) is 0 Å². The Balaban J connectivity index is 2.27. The first kappa shape index (κ1) is 13.5. The molecule has 1 aromatic heterocycles. The average molecular weight is 287 g/mol. The van der Waals surface area contributed by atoms with Gasteiger partial charge in [-0.05, 0) is 36.8 Å². The number of hydrogen-bond acceptors (Lipinski definition) is 2. The number of nitrogens with zero attached hydrogens (tertiary/aromatic N) is 2. The molecule has 0 saturated carbocycles.